The summed E-state index contributed by atoms with van der Waals surface area (Å²) in [5, 5.41) is 8.84. The molecular weight excluding hydrogens is 689 g/mol. The smallest absolute Gasteiger partial charge is 0.354 e. The zero-order chi connectivity index (χ0) is 36.8. The fourth-order valence-electron chi connectivity index (χ4n) is 6.25. The van der Waals surface area contributed by atoms with E-state index in [-0.39, 0.29) is 22.0 Å². The number of aryl methyl sites for hydroxylation is 1. The maximum atomic E-state index is 14.2. The molecule has 0 aliphatic rings. The van der Waals surface area contributed by atoms with Crippen LogP contribution in [-0.4, -0.2) is 28.8 Å². The molecule has 5 aromatic carbocycles. The van der Waals surface area contributed by atoms with E-state index in [2.05, 4.69) is 16.0 Å². The van der Waals surface area contributed by atoms with Crippen LogP contribution in [0.4, 0.5) is 18.9 Å². The first-order valence-electron chi connectivity index (χ1n) is 16.6. The Hall–Kier alpha value is -5.87. The number of alkyl halides is 3. The quantitative estimate of drug-likeness (QED) is 0.125. The monoisotopic (exact) mass is 722 g/mol. The minimum atomic E-state index is -4.79. The van der Waals surface area contributed by atoms with Crippen molar-refractivity contribution in [2.24, 2.45) is 0 Å². The maximum absolute atomic E-state index is 14.2. The van der Waals surface area contributed by atoms with Gasteiger partial charge in [-0.15, -0.1) is 0 Å². The van der Waals surface area contributed by atoms with Crippen molar-refractivity contribution in [2.45, 2.75) is 32.1 Å². The molecule has 1 heterocycles. The number of hydrogen-bond acceptors (Lipinski definition) is 3. The molecule has 6 rings (SSSR count). The van der Waals surface area contributed by atoms with Crippen molar-refractivity contribution >= 4 is 45.9 Å². The van der Waals surface area contributed by atoms with Crippen molar-refractivity contribution in [3.05, 3.63) is 160 Å². The summed E-state index contributed by atoms with van der Waals surface area (Å²) in [7, 11) is 0. The third-order valence-corrected chi connectivity index (χ3v) is 9.08. The summed E-state index contributed by atoms with van der Waals surface area (Å²) in [6.45, 7) is 2.51. The van der Waals surface area contributed by atoms with Crippen molar-refractivity contribution in [2.75, 3.05) is 11.9 Å². The van der Waals surface area contributed by atoms with Gasteiger partial charge in [-0.3, -0.25) is 14.4 Å². The predicted octanol–water partition coefficient (Wildman–Crippen LogP) is 9.08. The summed E-state index contributed by atoms with van der Waals surface area (Å²) in [6, 6.07) is 34.2. The molecule has 0 saturated heterocycles. The molecule has 0 aliphatic heterocycles. The van der Waals surface area contributed by atoms with Crippen LogP contribution in [0.2, 0.25) is 5.02 Å². The Bertz CT molecular complexity index is 2220. The second-order valence-corrected chi connectivity index (χ2v) is 12.4. The molecule has 0 bridgehead atoms. The molecule has 0 radical (unpaired) electrons. The molecule has 1 aromatic heterocycles. The van der Waals surface area contributed by atoms with Gasteiger partial charge in [0.2, 0.25) is 5.91 Å². The van der Waals surface area contributed by atoms with E-state index in [9.17, 15) is 27.6 Å². The molecule has 1 atom stereocenters. The summed E-state index contributed by atoms with van der Waals surface area (Å²) in [6.07, 6.45) is -4.19. The van der Waals surface area contributed by atoms with Gasteiger partial charge in [0.25, 0.3) is 11.8 Å². The van der Waals surface area contributed by atoms with Crippen LogP contribution in [0.5, 0.6) is 0 Å². The molecule has 11 heteroatoms. The second kappa shape index (κ2) is 15.6. The number of fused-ring (bicyclic) bond motifs is 1. The molecule has 0 aliphatic carbocycles. The van der Waals surface area contributed by atoms with Crippen LogP contribution < -0.4 is 16.0 Å². The lowest BCUT2D eigenvalue weighted by Gasteiger charge is -2.20. The standard InChI is InChI=1S/C41H34ClF3N4O3/c1-2-49-33-22-21-29(47-38(50)34-30(27-15-8-4-9-16-27)19-12-20-32(34)41(43,44)45)25-31(33)35(42)37(49)40(52)48-36(28-17-10-5-11-18-28)39(51)46-24-23-26-13-6-3-7-14-26/h3-22,25,36H,2,23-24H2,1H3,(H,46,51)(H,47,50)(H,48,52). The lowest BCUT2D eigenvalue weighted by Crippen LogP contribution is -2.41. The van der Waals surface area contributed by atoms with Crippen molar-refractivity contribution in [1.82, 2.24) is 15.2 Å². The van der Waals surface area contributed by atoms with E-state index in [0.29, 0.717) is 41.5 Å². The Morgan fingerprint density at radius 1 is 0.788 bits per heavy atom. The zero-order valence-electron chi connectivity index (χ0n) is 28.0. The highest BCUT2D eigenvalue weighted by atomic mass is 35.5. The average molecular weight is 723 g/mol. The summed E-state index contributed by atoms with van der Waals surface area (Å²) in [4.78, 5) is 41.1. The summed E-state index contributed by atoms with van der Waals surface area (Å²) >= 11 is 6.87. The van der Waals surface area contributed by atoms with Crippen LogP contribution in [0, 0.1) is 0 Å². The Labute approximate surface area is 303 Å². The minimum Gasteiger partial charge on any atom is -0.354 e. The molecular formula is C41H34ClF3N4O3. The van der Waals surface area contributed by atoms with Crippen molar-refractivity contribution in [1.29, 1.82) is 0 Å². The first-order valence-corrected chi connectivity index (χ1v) is 17.0. The van der Waals surface area contributed by atoms with E-state index in [4.69, 9.17) is 11.6 Å². The highest BCUT2D eigenvalue weighted by molar-refractivity contribution is 6.39. The highest BCUT2D eigenvalue weighted by Gasteiger charge is 2.37. The van der Waals surface area contributed by atoms with Gasteiger partial charge in [-0.25, -0.2) is 0 Å². The lowest BCUT2D eigenvalue weighted by molar-refractivity contribution is -0.137. The van der Waals surface area contributed by atoms with Gasteiger partial charge in [-0.05, 0) is 59.9 Å². The Morgan fingerprint density at radius 3 is 2.10 bits per heavy atom. The third kappa shape index (κ3) is 7.72. The van der Waals surface area contributed by atoms with Crippen LogP contribution in [0.25, 0.3) is 22.0 Å². The third-order valence-electron chi connectivity index (χ3n) is 8.70. The van der Waals surface area contributed by atoms with E-state index >= 15 is 0 Å². The Balaban J connectivity index is 1.29. The fraction of sp³-hybridized carbons (Fsp3) is 0.146. The molecule has 7 nitrogen and oxygen atoms in total. The molecule has 264 valence electrons. The molecule has 3 N–H and O–H groups in total. The highest BCUT2D eigenvalue weighted by Crippen LogP contribution is 2.38. The van der Waals surface area contributed by atoms with Crippen molar-refractivity contribution < 1.29 is 27.6 Å². The van der Waals surface area contributed by atoms with Crippen LogP contribution in [-0.2, 0) is 23.9 Å². The van der Waals surface area contributed by atoms with Gasteiger partial charge in [0.05, 0.1) is 21.7 Å². The molecule has 0 spiro atoms. The zero-order valence-corrected chi connectivity index (χ0v) is 28.8. The molecule has 0 saturated carbocycles. The number of aromatic nitrogens is 1. The first kappa shape index (κ1) is 35.9. The number of nitrogens with one attached hydrogen (secondary N) is 3. The number of benzene rings is 5. The number of carbonyl (C=O) groups excluding carboxylic acids is 3. The van der Waals surface area contributed by atoms with E-state index in [0.717, 1.165) is 11.6 Å². The molecule has 0 fully saturated rings. The normalized spacial score (nSPS) is 11.9. The Morgan fingerprint density at radius 2 is 1.44 bits per heavy atom. The minimum absolute atomic E-state index is 0.0578. The number of nitrogens with zero attached hydrogens (tertiary/aromatic N) is 1. The number of halogens is 4. The largest absolute Gasteiger partial charge is 0.417 e. The lowest BCUT2D eigenvalue weighted by atomic mass is 9.94. The van der Waals surface area contributed by atoms with Gasteiger partial charge in [-0.1, -0.05) is 115 Å². The summed E-state index contributed by atoms with van der Waals surface area (Å²) in [5.41, 5.74) is 1.43. The number of anilines is 1. The van der Waals surface area contributed by atoms with Gasteiger partial charge >= 0.3 is 6.18 Å². The van der Waals surface area contributed by atoms with Crippen LogP contribution >= 0.6 is 11.6 Å². The first-order chi connectivity index (χ1) is 25.1. The second-order valence-electron chi connectivity index (χ2n) is 12.0. The number of carbonyl (C=O) groups is 3. The van der Waals surface area contributed by atoms with Crippen molar-refractivity contribution in [3.8, 4) is 11.1 Å². The van der Waals surface area contributed by atoms with Crippen LogP contribution in [0.3, 0.4) is 0 Å². The van der Waals surface area contributed by atoms with E-state index in [1.165, 1.54) is 24.3 Å². The molecule has 52 heavy (non-hydrogen) atoms. The van der Waals surface area contributed by atoms with Gasteiger partial charge in [-0.2, -0.15) is 13.2 Å². The number of hydrogen-bond donors (Lipinski definition) is 3. The van der Waals surface area contributed by atoms with Crippen LogP contribution in [0.15, 0.2) is 127 Å². The maximum Gasteiger partial charge on any atom is 0.417 e. The molecule has 1 unspecified atom stereocenters. The predicted molar refractivity (Wildman–Crippen MR) is 197 cm³/mol. The van der Waals surface area contributed by atoms with E-state index < -0.39 is 41.1 Å². The van der Waals surface area contributed by atoms with Gasteiger partial charge in [0.15, 0.2) is 0 Å². The number of rotatable bonds is 11. The molecule has 6 aromatic rings. The van der Waals surface area contributed by atoms with Crippen molar-refractivity contribution in [3.63, 3.8) is 0 Å². The Kier molecular flexibility index (Phi) is 10.8. The SMILES string of the molecule is CCn1c(C(=O)NC(C(=O)NCCc2ccccc2)c2ccccc2)c(Cl)c2cc(NC(=O)c3c(-c4ccccc4)cccc3C(F)(F)F)ccc21. The van der Waals surface area contributed by atoms with Gasteiger partial charge < -0.3 is 20.5 Å². The van der Waals surface area contributed by atoms with Gasteiger partial charge in [0, 0.05) is 24.2 Å². The average Bonchev–Trinajstić information content (AvgIpc) is 3.44. The fourth-order valence-corrected chi connectivity index (χ4v) is 6.59. The van der Waals surface area contributed by atoms with E-state index in [1.54, 1.807) is 65.2 Å². The van der Waals surface area contributed by atoms with E-state index in [1.807, 2.05) is 43.3 Å². The number of amides is 3. The summed E-state index contributed by atoms with van der Waals surface area (Å²) < 4.78 is 44.2. The summed E-state index contributed by atoms with van der Waals surface area (Å²) in [5.74, 6) is -1.96. The molecule has 3 amide bonds. The van der Waals surface area contributed by atoms with Crippen LogP contribution in [0.1, 0.15) is 50.5 Å². The van der Waals surface area contributed by atoms with Gasteiger partial charge in [0.1, 0.15) is 11.7 Å². The topological polar surface area (TPSA) is 92.2 Å².